The summed E-state index contributed by atoms with van der Waals surface area (Å²) in [5.41, 5.74) is 1.38. The molecule has 1 aliphatic rings. The number of carbonyl (C=O) groups is 1. The molecule has 2 nitrogen and oxygen atoms in total. The van der Waals surface area contributed by atoms with Crippen LogP contribution in [0.4, 0.5) is 0 Å². The molecule has 0 aromatic rings. The lowest BCUT2D eigenvalue weighted by Gasteiger charge is -2.13. The number of carboxylic acids is 1. The molecular formula is C16H28O2. The van der Waals surface area contributed by atoms with Crippen molar-refractivity contribution in [1.29, 1.82) is 0 Å². The average Bonchev–Trinajstić information content (AvgIpc) is 2.64. The molecule has 18 heavy (non-hydrogen) atoms. The minimum absolute atomic E-state index is 0.0644. The van der Waals surface area contributed by atoms with Crippen LogP contribution < -0.4 is 0 Å². The van der Waals surface area contributed by atoms with Gasteiger partial charge in [0.25, 0.3) is 0 Å². The predicted octanol–water partition coefficient (Wildman–Crippen LogP) is 4.36. The molecule has 1 aliphatic carbocycles. The maximum absolute atomic E-state index is 11.2. The van der Waals surface area contributed by atoms with Crippen LogP contribution in [0, 0.1) is 29.1 Å². The zero-order chi connectivity index (χ0) is 14.1. The van der Waals surface area contributed by atoms with Crippen LogP contribution in [0.5, 0.6) is 0 Å². The second-order valence-electron chi connectivity index (χ2n) is 7.18. The Morgan fingerprint density at radius 3 is 1.89 bits per heavy atom. The van der Waals surface area contributed by atoms with Crippen LogP contribution in [-0.4, -0.2) is 11.1 Å². The Kier molecular flexibility index (Phi) is 4.63. The van der Waals surface area contributed by atoms with E-state index in [0.717, 1.165) is 12.8 Å². The maximum Gasteiger partial charge on any atom is 0.307 e. The topological polar surface area (TPSA) is 37.3 Å². The van der Waals surface area contributed by atoms with Crippen molar-refractivity contribution >= 4 is 5.97 Å². The molecule has 0 aromatic heterocycles. The first-order chi connectivity index (χ1) is 8.16. The fourth-order valence-corrected chi connectivity index (χ4v) is 2.98. The number of rotatable bonds is 6. The molecule has 104 valence electrons. The van der Waals surface area contributed by atoms with Gasteiger partial charge in [0.15, 0.2) is 0 Å². The van der Waals surface area contributed by atoms with Crippen LogP contribution in [0.2, 0.25) is 0 Å². The minimum Gasteiger partial charge on any atom is -0.481 e. The van der Waals surface area contributed by atoms with Gasteiger partial charge in [-0.3, -0.25) is 4.79 Å². The largest absolute Gasteiger partial charge is 0.481 e. The van der Waals surface area contributed by atoms with E-state index in [4.69, 9.17) is 0 Å². The number of hydrogen-bond donors (Lipinski definition) is 1. The van der Waals surface area contributed by atoms with Gasteiger partial charge in [-0.05, 0) is 36.0 Å². The third-order valence-electron chi connectivity index (χ3n) is 3.93. The molecule has 0 aliphatic heterocycles. The first kappa shape index (κ1) is 15.3. The van der Waals surface area contributed by atoms with E-state index >= 15 is 0 Å². The summed E-state index contributed by atoms with van der Waals surface area (Å²) in [4.78, 5) is 11.2. The number of allylic oxidation sites excluding steroid dienone is 2. The van der Waals surface area contributed by atoms with Gasteiger partial charge in [0.1, 0.15) is 0 Å². The van der Waals surface area contributed by atoms with Gasteiger partial charge >= 0.3 is 5.97 Å². The Morgan fingerprint density at radius 2 is 1.61 bits per heavy atom. The Labute approximate surface area is 111 Å². The van der Waals surface area contributed by atoms with Gasteiger partial charge in [-0.1, -0.05) is 53.2 Å². The van der Waals surface area contributed by atoms with E-state index in [2.05, 4.69) is 47.6 Å². The van der Waals surface area contributed by atoms with E-state index in [1.165, 1.54) is 5.57 Å². The second kappa shape index (κ2) is 5.46. The van der Waals surface area contributed by atoms with Gasteiger partial charge < -0.3 is 5.11 Å². The molecule has 2 atom stereocenters. The van der Waals surface area contributed by atoms with Gasteiger partial charge in [0.05, 0.1) is 5.92 Å². The molecule has 0 aromatic carbocycles. The Balaban J connectivity index is 2.80. The van der Waals surface area contributed by atoms with Gasteiger partial charge in [0.2, 0.25) is 0 Å². The van der Waals surface area contributed by atoms with Crippen molar-refractivity contribution < 1.29 is 9.90 Å². The molecule has 0 heterocycles. The lowest BCUT2D eigenvalue weighted by atomic mass is 9.93. The van der Waals surface area contributed by atoms with E-state index < -0.39 is 5.97 Å². The summed E-state index contributed by atoms with van der Waals surface area (Å²) in [6.45, 7) is 13.0. The van der Waals surface area contributed by atoms with Crippen molar-refractivity contribution in [2.75, 3.05) is 0 Å². The van der Waals surface area contributed by atoms with E-state index in [9.17, 15) is 9.90 Å². The van der Waals surface area contributed by atoms with Gasteiger partial charge in [-0.25, -0.2) is 0 Å². The molecule has 1 saturated carbocycles. The quantitative estimate of drug-likeness (QED) is 0.713. The normalized spacial score (nSPS) is 25.3. The second-order valence-corrected chi connectivity index (χ2v) is 7.18. The van der Waals surface area contributed by atoms with E-state index in [0.29, 0.717) is 11.8 Å². The van der Waals surface area contributed by atoms with Crippen LogP contribution in [0.1, 0.15) is 54.4 Å². The monoisotopic (exact) mass is 252 g/mol. The third kappa shape index (κ3) is 3.60. The highest BCUT2D eigenvalue weighted by molar-refractivity contribution is 5.76. The minimum atomic E-state index is -0.644. The molecule has 0 bridgehead atoms. The lowest BCUT2D eigenvalue weighted by Crippen LogP contribution is -2.03. The van der Waals surface area contributed by atoms with E-state index in [1.807, 2.05) is 0 Å². The molecule has 0 saturated heterocycles. The van der Waals surface area contributed by atoms with Crippen LogP contribution in [0.25, 0.3) is 0 Å². The van der Waals surface area contributed by atoms with E-state index in [-0.39, 0.29) is 17.3 Å². The molecule has 0 spiro atoms. The Bertz CT molecular complexity index is 325. The van der Waals surface area contributed by atoms with Crippen molar-refractivity contribution in [2.45, 2.75) is 54.4 Å². The molecule has 0 radical (unpaired) electrons. The first-order valence-electron chi connectivity index (χ1n) is 7.08. The molecule has 2 heteroatoms. The van der Waals surface area contributed by atoms with Crippen LogP contribution >= 0.6 is 0 Å². The summed E-state index contributed by atoms with van der Waals surface area (Å²) in [5.74, 6) is 0.671. The first-order valence-corrected chi connectivity index (χ1v) is 7.08. The van der Waals surface area contributed by atoms with Crippen molar-refractivity contribution in [2.24, 2.45) is 29.1 Å². The Morgan fingerprint density at radius 1 is 1.17 bits per heavy atom. The highest BCUT2D eigenvalue weighted by Crippen LogP contribution is 2.59. The van der Waals surface area contributed by atoms with Gasteiger partial charge in [-0.15, -0.1) is 0 Å². The molecule has 1 rings (SSSR count). The third-order valence-corrected chi connectivity index (χ3v) is 3.93. The predicted molar refractivity (Wildman–Crippen MR) is 75.4 cm³/mol. The number of aliphatic carboxylic acids is 1. The fourth-order valence-electron chi connectivity index (χ4n) is 2.98. The molecule has 0 unspecified atom stereocenters. The van der Waals surface area contributed by atoms with Crippen molar-refractivity contribution in [1.82, 2.24) is 0 Å². The standard InChI is InChI=1S/C16H28O2/c1-10(2)7-12(8-11(3)4)9-13-14(15(17)18)16(13,5)6/h9-11,13-14H,7-8H2,1-6H3,(H,17,18)/t13-,14+/m0/s1. The zero-order valence-corrected chi connectivity index (χ0v) is 12.7. The Hall–Kier alpha value is -0.790. The molecule has 1 N–H and O–H groups in total. The van der Waals surface area contributed by atoms with Gasteiger partial charge in [0, 0.05) is 0 Å². The summed E-state index contributed by atoms with van der Waals surface area (Å²) < 4.78 is 0. The lowest BCUT2D eigenvalue weighted by molar-refractivity contribution is -0.139. The SMILES string of the molecule is CC(C)CC(=C[C@H]1[C@H](C(=O)O)C1(C)C)CC(C)C. The summed E-state index contributed by atoms with van der Waals surface area (Å²) in [6.07, 6.45) is 4.45. The van der Waals surface area contributed by atoms with Crippen molar-refractivity contribution in [3.8, 4) is 0 Å². The zero-order valence-electron chi connectivity index (χ0n) is 12.7. The van der Waals surface area contributed by atoms with Crippen LogP contribution in [0.3, 0.4) is 0 Å². The van der Waals surface area contributed by atoms with Crippen LogP contribution in [0.15, 0.2) is 11.6 Å². The van der Waals surface area contributed by atoms with Crippen molar-refractivity contribution in [3.05, 3.63) is 11.6 Å². The number of hydrogen-bond acceptors (Lipinski definition) is 1. The highest BCUT2D eigenvalue weighted by Gasteiger charge is 2.60. The van der Waals surface area contributed by atoms with Crippen LogP contribution in [-0.2, 0) is 4.79 Å². The van der Waals surface area contributed by atoms with Crippen molar-refractivity contribution in [3.63, 3.8) is 0 Å². The average molecular weight is 252 g/mol. The summed E-state index contributed by atoms with van der Waals surface area (Å²) in [5, 5.41) is 9.21. The smallest absolute Gasteiger partial charge is 0.307 e. The number of carboxylic acid groups (broad SMARTS) is 1. The fraction of sp³-hybridized carbons (Fsp3) is 0.812. The highest BCUT2D eigenvalue weighted by atomic mass is 16.4. The van der Waals surface area contributed by atoms with E-state index in [1.54, 1.807) is 0 Å². The maximum atomic E-state index is 11.2. The summed E-state index contributed by atoms with van der Waals surface area (Å²) in [7, 11) is 0. The summed E-state index contributed by atoms with van der Waals surface area (Å²) >= 11 is 0. The summed E-state index contributed by atoms with van der Waals surface area (Å²) in [6, 6.07) is 0. The van der Waals surface area contributed by atoms with Gasteiger partial charge in [-0.2, -0.15) is 0 Å². The molecule has 0 amide bonds. The molecule has 1 fully saturated rings. The molecular weight excluding hydrogens is 224 g/mol.